The van der Waals surface area contributed by atoms with Crippen LogP contribution in [0, 0.1) is 6.92 Å². The van der Waals surface area contributed by atoms with Crippen molar-refractivity contribution in [3.63, 3.8) is 0 Å². The maximum absolute atomic E-state index is 11.1. The summed E-state index contributed by atoms with van der Waals surface area (Å²) >= 11 is 0. The summed E-state index contributed by atoms with van der Waals surface area (Å²) in [6, 6.07) is 17.1. The average molecular weight is 373 g/mol. The first-order chi connectivity index (χ1) is 13.6. The van der Waals surface area contributed by atoms with Crippen molar-refractivity contribution in [2.75, 3.05) is 0 Å². The van der Waals surface area contributed by atoms with Crippen molar-refractivity contribution in [1.29, 1.82) is 0 Å². The number of benzene rings is 2. The smallest absolute Gasteiger partial charge is 0.210 e. The van der Waals surface area contributed by atoms with Gasteiger partial charge in [-0.2, -0.15) is 0 Å². The van der Waals surface area contributed by atoms with Crippen molar-refractivity contribution >= 4 is 11.4 Å². The van der Waals surface area contributed by atoms with Gasteiger partial charge in [0.1, 0.15) is 0 Å². The van der Waals surface area contributed by atoms with Crippen molar-refractivity contribution in [3.8, 4) is 0 Å². The normalized spacial score (nSPS) is 14.0. The molecule has 146 valence electrons. The van der Waals surface area contributed by atoms with Gasteiger partial charge in [-0.25, -0.2) is 4.70 Å². The average Bonchev–Trinajstić information content (AvgIpc) is 3.03. The molecule has 0 saturated heterocycles. The van der Waals surface area contributed by atoms with Gasteiger partial charge in [-0.3, -0.25) is 0 Å². The second-order valence-electron chi connectivity index (χ2n) is 7.85. The largest absolute Gasteiger partial charge is 0.493 e. The van der Waals surface area contributed by atoms with E-state index in [9.17, 15) is 5.53 Å². The molecule has 1 heterocycles. The van der Waals surface area contributed by atoms with Gasteiger partial charge < -0.3 is 5.53 Å². The molecular formula is C26H32N2. The lowest BCUT2D eigenvalue weighted by Crippen LogP contribution is -2.03. The van der Waals surface area contributed by atoms with Crippen molar-refractivity contribution in [2.45, 2.75) is 65.7 Å². The molecule has 28 heavy (non-hydrogen) atoms. The number of nitrogens with zero attached hydrogens (tertiary/aromatic N) is 2. The molecule has 2 nitrogen and oxygen atoms in total. The fraction of sp³-hybridized carbons (Fsp3) is 0.385. The predicted molar refractivity (Wildman–Crippen MR) is 119 cm³/mol. The highest BCUT2D eigenvalue weighted by Crippen LogP contribution is 2.37. The van der Waals surface area contributed by atoms with Gasteiger partial charge in [-0.05, 0) is 62.4 Å². The van der Waals surface area contributed by atoms with Gasteiger partial charge in [0.05, 0.1) is 0 Å². The highest BCUT2D eigenvalue weighted by atomic mass is 15.2. The van der Waals surface area contributed by atoms with Gasteiger partial charge in [0, 0.05) is 22.8 Å². The molecule has 2 heteroatoms. The molecule has 0 spiro atoms. The minimum absolute atomic E-state index is 0.890. The number of hydrogen-bond acceptors (Lipinski definition) is 0. The molecule has 0 atom stereocenters. The Balaban J connectivity index is 1.95. The minimum atomic E-state index is 0.890. The predicted octanol–water partition coefficient (Wildman–Crippen LogP) is 7.72. The Kier molecular flexibility index (Phi) is 6.97. The third-order valence-corrected chi connectivity index (χ3v) is 5.44. The van der Waals surface area contributed by atoms with E-state index in [2.05, 4.69) is 75.4 Å². The van der Waals surface area contributed by atoms with Crippen LogP contribution >= 0.6 is 0 Å². The van der Waals surface area contributed by atoms with Crippen LogP contribution in [0.4, 0.5) is 0 Å². The Morgan fingerprint density at radius 1 is 0.821 bits per heavy atom. The SMILES string of the molecule is CCCCCC1=C(c2cccc(C)c2)[N+](=[N-])C(c2cccc(CCCC)c2)=C1. The molecular weight excluding hydrogens is 340 g/mol. The summed E-state index contributed by atoms with van der Waals surface area (Å²) in [5.74, 6) is 0. The maximum Gasteiger partial charge on any atom is 0.210 e. The quantitative estimate of drug-likeness (QED) is 0.318. The first kappa shape index (κ1) is 20.3. The zero-order valence-electron chi connectivity index (χ0n) is 17.5. The summed E-state index contributed by atoms with van der Waals surface area (Å²) in [5.41, 5.74) is 18.9. The molecule has 0 aromatic heterocycles. The van der Waals surface area contributed by atoms with E-state index >= 15 is 0 Å². The van der Waals surface area contributed by atoms with Crippen LogP contribution in [-0.4, -0.2) is 4.70 Å². The topological polar surface area (TPSA) is 25.3 Å². The number of aryl methyl sites for hydroxylation is 2. The first-order valence-corrected chi connectivity index (χ1v) is 10.7. The molecule has 0 N–H and O–H groups in total. The first-order valence-electron chi connectivity index (χ1n) is 10.7. The van der Waals surface area contributed by atoms with E-state index in [4.69, 9.17) is 0 Å². The molecule has 0 radical (unpaired) electrons. The fourth-order valence-electron chi connectivity index (χ4n) is 3.88. The summed E-state index contributed by atoms with van der Waals surface area (Å²) in [6.45, 7) is 6.55. The lowest BCUT2D eigenvalue weighted by molar-refractivity contribution is -0.344. The van der Waals surface area contributed by atoms with E-state index in [-0.39, 0.29) is 0 Å². The van der Waals surface area contributed by atoms with Crippen LogP contribution < -0.4 is 0 Å². The Morgan fingerprint density at radius 2 is 1.57 bits per heavy atom. The van der Waals surface area contributed by atoms with Crippen LogP contribution in [-0.2, 0) is 6.42 Å². The second-order valence-corrected chi connectivity index (χ2v) is 7.85. The van der Waals surface area contributed by atoms with E-state index in [1.54, 1.807) is 0 Å². The second kappa shape index (κ2) is 9.64. The summed E-state index contributed by atoms with van der Waals surface area (Å²) in [7, 11) is 0. The zero-order chi connectivity index (χ0) is 19.9. The molecule has 3 rings (SSSR count). The highest BCUT2D eigenvalue weighted by Gasteiger charge is 2.28. The number of hydrogen-bond donors (Lipinski definition) is 0. The Labute approximate surface area is 170 Å². The fourth-order valence-corrected chi connectivity index (χ4v) is 3.88. The third kappa shape index (κ3) is 4.67. The van der Waals surface area contributed by atoms with Gasteiger partial charge in [0.15, 0.2) is 0 Å². The third-order valence-electron chi connectivity index (χ3n) is 5.44. The summed E-state index contributed by atoms with van der Waals surface area (Å²) in [6.07, 6.45) is 10.2. The summed E-state index contributed by atoms with van der Waals surface area (Å²) in [4.78, 5) is 0. The molecule has 0 bridgehead atoms. The maximum atomic E-state index is 11.1. The van der Waals surface area contributed by atoms with Gasteiger partial charge in [0.25, 0.3) is 0 Å². The van der Waals surface area contributed by atoms with Crippen LogP contribution in [0.3, 0.4) is 0 Å². The number of rotatable bonds is 9. The number of unbranched alkanes of at least 4 members (excludes halogenated alkanes) is 3. The van der Waals surface area contributed by atoms with Gasteiger partial charge in [-0.1, -0.05) is 62.9 Å². The molecule has 2 aromatic rings. The summed E-state index contributed by atoms with van der Waals surface area (Å²) < 4.78 is 1.41. The monoisotopic (exact) mass is 372 g/mol. The van der Waals surface area contributed by atoms with Crippen LogP contribution in [0.5, 0.6) is 0 Å². The van der Waals surface area contributed by atoms with Crippen LogP contribution in [0.2, 0.25) is 0 Å². The van der Waals surface area contributed by atoms with E-state index in [0.717, 1.165) is 41.8 Å². The van der Waals surface area contributed by atoms with Gasteiger partial charge >= 0.3 is 0 Å². The van der Waals surface area contributed by atoms with Crippen LogP contribution in [0.15, 0.2) is 60.2 Å². The number of allylic oxidation sites excluding steroid dienone is 2. The van der Waals surface area contributed by atoms with Crippen molar-refractivity contribution in [2.24, 2.45) is 0 Å². The molecule has 2 aromatic carbocycles. The minimum Gasteiger partial charge on any atom is -0.493 e. The molecule has 0 amide bonds. The highest BCUT2D eigenvalue weighted by molar-refractivity contribution is 5.78. The lowest BCUT2D eigenvalue weighted by atomic mass is 10.0. The van der Waals surface area contributed by atoms with Gasteiger partial charge in [-0.15, -0.1) is 0 Å². The van der Waals surface area contributed by atoms with Crippen LogP contribution in [0.1, 0.15) is 74.6 Å². The van der Waals surface area contributed by atoms with E-state index in [0.29, 0.717) is 0 Å². The van der Waals surface area contributed by atoms with E-state index in [1.165, 1.54) is 47.1 Å². The molecule has 1 aliphatic rings. The molecule has 0 saturated carbocycles. The molecule has 0 unspecified atom stereocenters. The molecule has 1 aliphatic heterocycles. The van der Waals surface area contributed by atoms with Crippen molar-refractivity contribution < 1.29 is 4.70 Å². The van der Waals surface area contributed by atoms with Crippen molar-refractivity contribution in [3.05, 3.63) is 88.0 Å². The zero-order valence-corrected chi connectivity index (χ0v) is 17.5. The Hall–Kier alpha value is -2.48. The summed E-state index contributed by atoms with van der Waals surface area (Å²) in [5, 5.41) is 0. The van der Waals surface area contributed by atoms with Crippen molar-refractivity contribution in [1.82, 2.24) is 0 Å². The molecule has 0 aliphatic carbocycles. The van der Waals surface area contributed by atoms with E-state index < -0.39 is 0 Å². The standard InChI is InChI=1S/C26H32N2/c1-4-6-8-14-24-19-25(22-15-10-13-21(18-22)12-7-5-2)28(27)26(24)23-16-9-11-20(3)17-23/h9-11,13,15-19H,4-8,12,14H2,1-3H3. The Morgan fingerprint density at radius 3 is 2.32 bits per heavy atom. The Bertz CT molecular complexity index is 902. The van der Waals surface area contributed by atoms with E-state index in [1.807, 2.05) is 0 Å². The van der Waals surface area contributed by atoms with Gasteiger partial charge in [0.2, 0.25) is 11.4 Å². The van der Waals surface area contributed by atoms with Crippen LogP contribution in [0.25, 0.3) is 16.9 Å². The lowest BCUT2D eigenvalue weighted by Gasteiger charge is -2.11. The molecule has 0 fully saturated rings.